The van der Waals surface area contributed by atoms with E-state index in [-0.39, 0.29) is 11.7 Å². The summed E-state index contributed by atoms with van der Waals surface area (Å²) in [5.41, 5.74) is 1.18. The summed E-state index contributed by atoms with van der Waals surface area (Å²) in [5, 5.41) is 9.85. The van der Waals surface area contributed by atoms with Crippen LogP contribution in [0.4, 0.5) is 0 Å². The van der Waals surface area contributed by atoms with Crippen LogP contribution in [0.15, 0.2) is 18.2 Å². The molecule has 2 aliphatic heterocycles. The molecule has 2 saturated heterocycles. The molecule has 0 unspecified atom stereocenters. The summed E-state index contributed by atoms with van der Waals surface area (Å²) >= 11 is 0. The number of benzene rings is 1. The fraction of sp³-hybridized carbons (Fsp3) is 0.667. The first kappa shape index (κ1) is 20.0. The lowest BCUT2D eigenvalue weighted by molar-refractivity contribution is -0.919. The Labute approximate surface area is 162 Å². The predicted molar refractivity (Wildman–Crippen MR) is 104 cm³/mol. The number of likely N-dealkylation sites (N-methyl/N-ethyl adjacent to an activating group) is 1. The van der Waals surface area contributed by atoms with Crippen LogP contribution in [0, 0.1) is 5.92 Å². The van der Waals surface area contributed by atoms with Gasteiger partial charge in [-0.05, 0) is 32.0 Å². The molecule has 1 aromatic rings. The van der Waals surface area contributed by atoms with Gasteiger partial charge in [0.2, 0.25) is 5.91 Å². The number of phenols is 1. The lowest BCUT2D eigenvalue weighted by atomic mass is 9.94. The predicted octanol–water partition coefficient (Wildman–Crippen LogP) is -0.667. The Bertz CT molecular complexity index is 621. The number of rotatable bonds is 6. The van der Waals surface area contributed by atoms with Gasteiger partial charge in [-0.3, -0.25) is 4.79 Å². The molecule has 6 heteroatoms. The summed E-state index contributed by atoms with van der Waals surface area (Å²) in [7, 11) is 0. The summed E-state index contributed by atoms with van der Waals surface area (Å²) in [4.78, 5) is 18.0. The van der Waals surface area contributed by atoms with Gasteiger partial charge in [0.1, 0.15) is 6.54 Å². The lowest BCUT2D eigenvalue weighted by Crippen LogP contribution is -3.14. The molecule has 3 N–H and O–H groups in total. The number of likely N-dealkylation sites (tertiary alicyclic amines) is 1. The summed E-state index contributed by atoms with van der Waals surface area (Å²) in [6, 6.07) is 5.63. The fourth-order valence-electron chi connectivity index (χ4n) is 4.33. The van der Waals surface area contributed by atoms with Gasteiger partial charge in [-0.1, -0.05) is 0 Å². The second kappa shape index (κ2) is 9.42. The van der Waals surface area contributed by atoms with E-state index in [4.69, 9.17) is 4.74 Å². The molecule has 0 radical (unpaired) electrons. The van der Waals surface area contributed by atoms with Crippen molar-refractivity contribution in [1.82, 2.24) is 4.90 Å². The smallest absolute Gasteiger partial charge is 0.226 e. The Morgan fingerprint density at radius 1 is 1.15 bits per heavy atom. The van der Waals surface area contributed by atoms with Crippen molar-refractivity contribution in [2.75, 3.05) is 52.4 Å². The van der Waals surface area contributed by atoms with Gasteiger partial charge in [-0.15, -0.1) is 0 Å². The molecule has 0 aromatic heterocycles. The van der Waals surface area contributed by atoms with Crippen LogP contribution in [0.2, 0.25) is 0 Å². The van der Waals surface area contributed by atoms with Crippen molar-refractivity contribution in [2.24, 2.45) is 5.92 Å². The Morgan fingerprint density at radius 3 is 2.48 bits per heavy atom. The minimum Gasteiger partial charge on any atom is -0.504 e. The molecule has 150 valence electrons. The Hall–Kier alpha value is -1.79. The fourth-order valence-corrected chi connectivity index (χ4v) is 4.33. The van der Waals surface area contributed by atoms with Gasteiger partial charge in [0.05, 0.1) is 52.4 Å². The highest BCUT2D eigenvalue weighted by Crippen LogP contribution is 2.26. The molecule has 27 heavy (non-hydrogen) atoms. The largest absolute Gasteiger partial charge is 0.504 e. The van der Waals surface area contributed by atoms with Crippen LogP contribution in [0.5, 0.6) is 11.5 Å². The van der Waals surface area contributed by atoms with Gasteiger partial charge in [-0.25, -0.2) is 0 Å². The highest BCUT2D eigenvalue weighted by molar-refractivity contribution is 5.79. The van der Waals surface area contributed by atoms with Crippen molar-refractivity contribution in [2.45, 2.75) is 33.2 Å². The number of hydrogen-bond acceptors (Lipinski definition) is 3. The maximum atomic E-state index is 12.8. The number of quaternary nitrogens is 2. The van der Waals surface area contributed by atoms with E-state index in [1.54, 1.807) is 11.0 Å². The highest BCUT2D eigenvalue weighted by Gasteiger charge is 2.32. The van der Waals surface area contributed by atoms with E-state index in [1.807, 2.05) is 19.1 Å². The van der Waals surface area contributed by atoms with Gasteiger partial charge in [0.15, 0.2) is 11.5 Å². The quantitative estimate of drug-likeness (QED) is 0.617. The molecule has 0 bridgehead atoms. The number of carbonyl (C=O) groups is 1. The van der Waals surface area contributed by atoms with Crippen LogP contribution in [0.1, 0.15) is 32.3 Å². The van der Waals surface area contributed by atoms with E-state index in [2.05, 4.69) is 11.8 Å². The van der Waals surface area contributed by atoms with E-state index in [0.29, 0.717) is 18.3 Å². The van der Waals surface area contributed by atoms with Crippen LogP contribution in [0.3, 0.4) is 0 Å². The van der Waals surface area contributed by atoms with E-state index in [0.717, 1.165) is 65.2 Å². The molecule has 0 spiro atoms. The molecule has 2 aliphatic rings. The zero-order valence-electron chi connectivity index (χ0n) is 16.8. The number of phenolic OH excluding ortho intramolecular Hbond substituents is 1. The van der Waals surface area contributed by atoms with Crippen LogP contribution >= 0.6 is 0 Å². The molecule has 0 saturated carbocycles. The number of hydrogen-bond donors (Lipinski definition) is 3. The summed E-state index contributed by atoms with van der Waals surface area (Å²) in [6.45, 7) is 12.8. The van der Waals surface area contributed by atoms with Gasteiger partial charge >= 0.3 is 0 Å². The van der Waals surface area contributed by atoms with Gasteiger partial charge in [0.25, 0.3) is 0 Å². The number of amides is 1. The number of carbonyl (C=O) groups excluding carboxylic acids is 1. The number of piperidine rings is 1. The molecule has 0 aliphatic carbocycles. The third-order valence-electron chi connectivity index (χ3n) is 6.10. The average molecular weight is 378 g/mol. The highest BCUT2D eigenvalue weighted by atomic mass is 16.5. The standard InChI is InChI=1S/C21H33N3O3/c1-3-22-11-13-24(14-12-22)21(26)18-7-9-23(10-8-18)16-17-5-6-19(25)20(15-17)27-4-2/h5-6,15,18,25H,3-4,7-14,16H2,1-2H3/p+2. The maximum absolute atomic E-state index is 12.8. The SMILES string of the molecule is CCOc1cc(C[NH+]2CCC(C(=O)N3CC[NH+](CC)CC3)CC2)ccc1O. The van der Waals surface area contributed by atoms with Crippen LogP contribution < -0.4 is 14.5 Å². The Kier molecular flexibility index (Phi) is 6.96. The molecule has 0 atom stereocenters. The van der Waals surface area contributed by atoms with E-state index in [9.17, 15) is 9.90 Å². The first-order valence-corrected chi connectivity index (χ1v) is 10.5. The van der Waals surface area contributed by atoms with Gasteiger partial charge < -0.3 is 24.5 Å². The second-order valence-electron chi connectivity index (χ2n) is 7.86. The number of piperazine rings is 1. The van der Waals surface area contributed by atoms with E-state index in [1.165, 1.54) is 10.5 Å². The molecular formula is C21H35N3O3+2. The summed E-state index contributed by atoms with van der Waals surface area (Å²) < 4.78 is 5.49. The van der Waals surface area contributed by atoms with Crippen molar-refractivity contribution >= 4 is 5.91 Å². The normalized spacial score (nSPS) is 24.0. The summed E-state index contributed by atoms with van der Waals surface area (Å²) in [6.07, 6.45) is 1.96. The average Bonchev–Trinajstić information content (AvgIpc) is 2.71. The molecule has 1 aromatic carbocycles. The van der Waals surface area contributed by atoms with E-state index < -0.39 is 0 Å². The van der Waals surface area contributed by atoms with Crippen LogP contribution in [-0.2, 0) is 11.3 Å². The van der Waals surface area contributed by atoms with Crippen LogP contribution in [0.25, 0.3) is 0 Å². The minimum atomic E-state index is 0.199. The monoisotopic (exact) mass is 377 g/mol. The second-order valence-corrected chi connectivity index (χ2v) is 7.86. The van der Waals surface area contributed by atoms with Crippen molar-refractivity contribution in [3.8, 4) is 11.5 Å². The zero-order valence-corrected chi connectivity index (χ0v) is 16.8. The van der Waals surface area contributed by atoms with Gasteiger partial charge in [-0.2, -0.15) is 0 Å². The van der Waals surface area contributed by atoms with Crippen molar-refractivity contribution in [3.63, 3.8) is 0 Å². The molecular weight excluding hydrogens is 342 g/mol. The number of nitrogens with one attached hydrogen (secondary N) is 2. The first-order chi connectivity index (χ1) is 13.1. The molecule has 1 amide bonds. The summed E-state index contributed by atoms with van der Waals surface area (Å²) in [5.74, 6) is 1.35. The lowest BCUT2D eigenvalue weighted by Gasteiger charge is -2.35. The number of ether oxygens (including phenoxy) is 1. The number of aromatic hydroxyl groups is 1. The van der Waals surface area contributed by atoms with Crippen molar-refractivity contribution < 1.29 is 24.4 Å². The minimum absolute atomic E-state index is 0.199. The Balaban J connectivity index is 1.47. The molecule has 2 heterocycles. The topological polar surface area (TPSA) is 58.7 Å². The number of nitrogens with zero attached hydrogens (tertiary/aromatic N) is 1. The van der Waals surface area contributed by atoms with Crippen molar-refractivity contribution in [1.29, 1.82) is 0 Å². The van der Waals surface area contributed by atoms with Crippen LogP contribution in [-0.4, -0.2) is 68.3 Å². The first-order valence-electron chi connectivity index (χ1n) is 10.5. The van der Waals surface area contributed by atoms with Gasteiger partial charge in [0, 0.05) is 24.3 Å². The molecule has 2 fully saturated rings. The molecule has 3 rings (SSSR count). The Morgan fingerprint density at radius 2 is 1.85 bits per heavy atom. The maximum Gasteiger partial charge on any atom is 0.226 e. The van der Waals surface area contributed by atoms with Crippen molar-refractivity contribution in [3.05, 3.63) is 23.8 Å². The zero-order chi connectivity index (χ0) is 19.2. The molecule has 6 nitrogen and oxygen atoms in total. The third kappa shape index (κ3) is 5.14. The van der Waals surface area contributed by atoms with E-state index >= 15 is 0 Å². The third-order valence-corrected chi connectivity index (χ3v) is 6.10.